The van der Waals surface area contributed by atoms with Crippen LogP contribution in [0.5, 0.6) is 34.5 Å². The van der Waals surface area contributed by atoms with Gasteiger partial charge in [0.2, 0.25) is 11.5 Å². The minimum absolute atomic E-state index is 0.0715. The first-order valence-electron chi connectivity index (χ1n) is 10.0. The smallest absolute Gasteiger partial charge is 0.261 e. The van der Waals surface area contributed by atoms with Gasteiger partial charge in [0.25, 0.3) is 5.78 Å². The monoisotopic (exact) mass is 470 g/mol. The molecule has 0 saturated heterocycles. The first-order valence-corrected chi connectivity index (χ1v) is 10.0. The second-order valence-electron chi connectivity index (χ2n) is 7.04. The maximum absolute atomic E-state index is 12.6. The lowest BCUT2D eigenvalue weighted by atomic mass is 9.89. The van der Waals surface area contributed by atoms with Crippen molar-refractivity contribution in [3.8, 4) is 34.5 Å². The molecule has 0 saturated carbocycles. The first-order chi connectivity index (χ1) is 16.3. The van der Waals surface area contributed by atoms with Crippen molar-refractivity contribution in [2.24, 2.45) is 0 Å². The fraction of sp³-hybridized carbons (Fsp3) is 0.240. The van der Waals surface area contributed by atoms with Crippen LogP contribution in [0.2, 0.25) is 0 Å². The third-order valence-corrected chi connectivity index (χ3v) is 5.29. The molecule has 1 aliphatic rings. The average molecular weight is 470 g/mol. The summed E-state index contributed by atoms with van der Waals surface area (Å²) in [5.74, 6) is 0.0816. The standard InChI is InChI=1S/C25H26O9/c1-29-16-7-13(8-17(30-2)23(16)26)22(14-9-18(31-3)24(27)19(10-14)32-4)15-11-20(33-5)25(28)21(12-15)34-6/h7-12,26-27H,1-6H3. The molecule has 0 amide bonds. The van der Waals surface area contributed by atoms with Crippen molar-refractivity contribution < 1.29 is 43.4 Å². The molecule has 34 heavy (non-hydrogen) atoms. The van der Waals surface area contributed by atoms with Gasteiger partial charge in [-0.2, -0.15) is 0 Å². The number of phenolic OH excluding ortho intramolecular Hbond substituents is 2. The highest BCUT2D eigenvalue weighted by atomic mass is 16.5. The van der Waals surface area contributed by atoms with Gasteiger partial charge in [0.1, 0.15) is 0 Å². The Morgan fingerprint density at radius 2 is 0.912 bits per heavy atom. The zero-order valence-corrected chi connectivity index (χ0v) is 19.7. The van der Waals surface area contributed by atoms with Gasteiger partial charge in [0, 0.05) is 0 Å². The summed E-state index contributed by atoms with van der Waals surface area (Å²) in [5, 5.41) is 20.8. The van der Waals surface area contributed by atoms with Crippen molar-refractivity contribution >= 4 is 11.4 Å². The van der Waals surface area contributed by atoms with Crippen molar-refractivity contribution in [2.45, 2.75) is 0 Å². The Kier molecular flexibility index (Phi) is 7.25. The second-order valence-corrected chi connectivity index (χ2v) is 7.04. The third kappa shape index (κ3) is 4.32. The summed E-state index contributed by atoms with van der Waals surface area (Å²) >= 11 is 0. The number of Topliss-reactive ketones (excluding diaryl/α,β-unsaturated/α-hetero) is 1. The Morgan fingerprint density at radius 1 is 0.588 bits per heavy atom. The largest absolute Gasteiger partial charge is 0.502 e. The van der Waals surface area contributed by atoms with Crippen LogP contribution < -0.4 is 18.9 Å². The van der Waals surface area contributed by atoms with Crippen LogP contribution in [-0.4, -0.2) is 58.7 Å². The van der Waals surface area contributed by atoms with E-state index in [0.717, 1.165) is 0 Å². The molecule has 0 unspecified atom stereocenters. The molecule has 2 N–H and O–H groups in total. The van der Waals surface area contributed by atoms with E-state index in [1.54, 1.807) is 36.4 Å². The van der Waals surface area contributed by atoms with Crippen LogP contribution in [0, 0.1) is 0 Å². The van der Waals surface area contributed by atoms with E-state index in [4.69, 9.17) is 28.4 Å². The van der Waals surface area contributed by atoms with Crippen LogP contribution in [0.4, 0.5) is 0 Å². The number of methoxy groups -OCH3 is 6. The highest BCUT2D eigenvalue weighted by Gasteiger charge is 2.26. The first kappa shape index (κ1) is 24.4. The summed E-state index contributed by atoms with van der Waals surface area (Å²) in [6, 6.07) is 6.46. The highest BCUT2D eigenvalue weighted by molar-refractivity contribution is 6.08. The van der Waals surface area contributed by atoms with E-state index in [-0.39, 0.29) is 46.0 Å². The zero-order chi connectivity index (χ0) is 25.0. The molecule has 0 heterocycles. The quantitative estimate of drug-likeness (QED) is 0.598. The van der Waals surface area contributed by atoms with Crippen LogP contribution in [0.3, 0.4) is 0 Å². The molecule has 0 fully saturated rings. The number of allylic oxidation sites excluding steroid dienone is 3. The molecular formula is C25H26O9. The predicted molar refractivity (Wildman–Crippen MR) is 124 cm³/mol. The van der Waals surface area contributed by atoms with Gasteiger partial charge in [-0.1, -0.05) is 0 Å². The molecule has 2 aromatic carbocycles. The zero-order valence-electron chi connectivity index (χ0n) is 19.7. The predicted octanol–water partition coefficient (Wildman–Crippen LogP) is 3.58. The number of carbonyl (C=O) groups is 1. The normalized spacial score (nSPS) is 13.0. The maximum atomic E-state index is 12.6. The fourth-order valence-corrected chi connectivity index (χ4v) is 3.60. The van der Waals surface area contributed by atoms with Crippen LogP contribution in [0.25, 0.3) is 5.57 Å². The van der Waals surface area contributed by atoms with Crippen molar-refractivity contribution in [3.05, 3.63) is 64.6 Å². The van der Waals surface area contributed by atoms with E-state index < -0.39 is 5.78 Å². The molecular weight excluding hydrogens is 444 g/mol. The van der Waals surface area contributed by atoms with E-state index in [2.05, 4.69) is 0 Å². The average Bonchev–Trinajstić information content (AvgIpc) is 2.86. The van der Waals surface area contributed by atoms with E-state index in [1.807, 2.05) is 0 Å². The number of hydrogen-bond acceptors (Lipinski definition) is 9. The molecule has 0 atom stereocenters. The number of ether oxygens (including phenoxy) is 6. The summed E-state index contributed by atoms with van der Waals surface area (Å²) in [7, 11) is 8.45. The summed E-state index contributed by atoms with van der Waals surface area (Å²) < 4.78 is 31.9. The summed E-state index contributed by atoms with van der Waals surface area (Å²) in [6.45, 7) is 0. The Morgan fingerprint density at radius 3 is 1.18 bits per heavy atom. The number of phenols is 2. The molecule has 1 aliphatic carbocycles. The second kappa shape index (κ2) is 10.1. The van der Waals surface area contributed by atoms with Gasteiger partial charge < -0.3 is 38.6 Å². The van der Waals surface area contributed by atoms with Crippen LogP contribution >= 0.6 is 0 Å². The Balaban J connectivity index is 2.47. The Bertz CT molecular complexity index is 1070. The van der Waals surface area contributed by atoms with Gasteiger partial charge >= 0.3 is 0 Å². The molecule has 0 radical (unpaired) electrons. The van der Waals surface area contributed by atoms with Crippen molar-refractivity contribution in [3.63, 3.8) is 0 Å². The van der Waals surface area contributed by atoms with E-state index in [0.29, 0.717) is 22.3 Å². The molecule has 9 heteroatoms. The molecule has 0 spiro atoms. The van der Waals surface area contributed by atoms with E-state index in [9.17, 15) is 15.0 Å². The van der Waals surface area contributed by atoms with Crippen LogP contribution in [-0.2, 0) is 14.3 Å². The summed E-state index contributed by atoms with van der Waals surface area (Å²) in [5.41, 5.74) is 2.22. The Hall–Kier alpha value is -4.27. The number of aromatic hydroxyl groups is 2. The molecule has 180 valence electrons. The van der Waals surface area contributed by atoms with Gasteiger partial charge in [0.05, 0.1) is 42.7 Å². The third-order valence-electron chi connectivity index (χ3n) is 5.29. The molecule has 0 bridgehead atoms. The number of carbonyl (C=O) groups excluding carboxylic acids is 1. The Labute approximate surface area is 197 Å². The lowest BCUT2D eigenvalue weighted by molar-refractivity contribution is -0.117. The SMILES string of the molecule is COC1=CC(=C(c2cc(OC)c(O)c(OC)c2)c2cc(OC)c(O)c(OC)c2)C=C(OC)C1=O. The van der Waals surface area contributed by atoms with Crippen LogP contribution in [0.1, 0.15) is 11.1 Å². The summed E-state index contributed by atoms with van der Waals surface area (Å²) in [4.78, 5) is 12.6. The lowest BCUT2D eigenvalue weighted by Gasteiger charge is -2.20. The van der Waals surface area contributed by atoms with Crippen molar-refractivity contribution in [1.82, 2.24) is 0 Å². The summed E-state index contributed by atoms with van der Waals surface area (Å²) in [6.07, 6.45) is 3.13. The molecule has 2 aromatic rings. The maximum Gasteiger partial charge on any atom is 0.261 e. The fourth-order valence-electron chi connectivity index (χ4n) is 3.60. The van der Waals surface area contributed by atoms with Gasteiger partial charge in [-0.15, -0.1) is 0 Å². The van der Waals surface area contributed by atoms with Crippen LogP contribution in [0.15, 0.2) is 53.5 Å². The van der Waals surface area contributed by atoms with Crippen molar-refractivity contribution in [1.29, 1.82) is 0 Å². The number of benzene rings is 2. The topological polar surface area (TPSA) is 113 Å². The van der Waals surface area contributed by atoms with Crippen molar-refractivity contribution in [2.75, 3.05) is 42.7 Å². The molecule has 3 rings (SSSR count). The molecule has 0 aromatic heterocycles. The lowest BCUT2D eigenvalue weighted by Crippen LogP contribution is -2.14. The van der Waals surface area contributed by atoms with Gasteiger partial charge in [-0.3, -0.25) is 4.79 Å². The minimum Gasteiger partial charge on any atom is -0.502 e. The minimum atomic E-state index is -0.408. The van der Waals surface area contributed by atoms with E-state index in [1.165, 1.54) is 42.7 Å². The number of hydrogen-bond donors (Lipinski definition) is 2. The molecule has 0 aliphatic heterocycles. The molecule has 9 nitrogen and oxygen atoms in total. The van der Waals surface area contributed by atoms with Gasteiger partial charge in [0.15, 0.2) is 34.5 Å². The van der Waals surface area contributed by atoms with Gasteiger partial charge in [-0.25, -0.2) is 0 Å². The number of rotatable bonds is 8. The van der Waals surface area contributed by atoms with Gasteiger partial charge in [-0.05, 0) is 58.7 Å². The van der Waals surface area contributed by atoms with E-state index >= 15 is 0 Å². The number of ketones is 1. The highest BCUT2D eigenvalue weighted by Crippen LogP contribution is 2.45.